The van der Waals surface area contributed by atoms with Crippen LogP contribution in [-0.2, 0) is 11.3 Å². The third-order valence-electron chi connectivity index (χ3n) is 4.14. The molecule has 3 amide bonds. The average molecular weight is 402 g/mol. The second kappa shape index (κ2) is 7.72. The van der Waals surface area contributed by atoms with Crippen molar-refractivity contribution >= 4 is 34.9 Å². The maximum Gasteiger partial charge on any atom is 0.319 e. The van der Waals surface area contributed by atoms with Crippen molar-refractivity contribution in [2.75, 3.05) is 10.2 Å². The summed E-state index contributed by atoms with van der Waals surface area (Å²) in [5, 5.41) is 6.26. The van der Waals surface area contributed by atoms with Gasteiger partial charge < -0.3 is 20.3 Å². The van der Waals surface area contributed by atoms with Crippen LogP contribution in [0.5, 0.6) is 5.75 Å². The van der Waals surface area contributed by atoms with Gasteiger partial charge in [-0.2, -0.15) is 0 Å². The van der Waals surface area contributed by atoms with E-state index in [1.54, 1.807) is 36.1 Å². The van der Waals surface area contributed by atoms with E-state index < -0.39 is 6.10 Å². The van der Waals surface area contributed by atoms with Gasteiger partial charge in [-0.15, -0.1) is 0 Å². The fourth-order valence-electron chi connectivity index (χ4n) is 2.97. The van der Waals surface area contributed by atoms with Crippen LogP contribution >= 0.6 is 11.6 Å². The Hall–Kier alpha value is -2.73. The predicted octanol–water partition coefficient (Wildman–Crippen LogP) is 4.57. The lowest BCUT2D eigenvalue weighted by Gasteiger charge is -2.33. The Balaban J connectivity index is 1.84. The topological polar surface area (TPSA) is 70.7 Å². The van der Waals surface area contributed by atoms with Crippen LogP contribution in [0.2, 0.25) is 5.02 Å². The maximum absolute atomic E-state index is 12.7. The molecule has 1 unspecified atom stereocenters. The van der Waals surface area contributed by atoms with Gasteiger partial charge in [0, 0.05) is 22.3 Å². The largest absolute Gasteiger partial charge is 0.479 e. The fraction of sp³-hybridized carbons (Fsp3) is 0.333. The zero-order chi connectivity index (χ0) is 20.5. The minimum atomic E-state index is -0.620. The molecule has 7 heteroatoms. The highest BCUT2D eigenvalue weighted by Crippen LogP contribution is 2.37. The number of benzene rings is 2. The summed E-state index contributed by atoms with van der Waals surface area (Å²) in [5.74, 6) is 0.418. The molecule has 1 atom stereocenters. The molecule has 2 aromatic carbocycles. The summed E-state index contributed by atoms with van der Waals surface area (Å²) >= 11 is 6.07. The molecule has 0 bridgehead atoms. The summed E-state index contributed by atoms with van der Waals surface area (Å²) in [4.78, 5) is 26.5. The van der Waals surface area contributed by atoms with Gasteiger partial charge >= 0.3 is 6.03 Å². The van der Waals surface area contributed by atoms with E-state index >= 15 is 0 Å². The molecular formula is C21H24ClN3O3. The Bertz CT molecular complexity index is 908. The molecule has 1 heterocycles. The van der Waals surface area contributed by atoms with Crippen molar-refractivity contribution in [1.82, 2.24) is 5.32 Å². The molecule has 0 aliphatic carbocycles. The number of carbonyl (C=O) groups excluding carboxylic acids is 2. The van der Waals surface area contributed by atoms with E-state index in [9.17, 15) is 9.59 Å². The molecule has 3 rings (SSSR count). The first-order valence-corrected chi connectivity index (χ1v) is 9.46. The zero-order valence-electron chi connectivity index (χ0n) is 16.4. The molecule has 0 spiro atoms. The molecule has 0 radical (unpaired) electrons. The van der Waals surface area contributed by atoms with Gasteiger partial charge in [-0.1, -0.05) is 23.7 Å². The molecule has 148 valence electrons. The Labute approximate surface area is 169 Å². The second-order valence-electron chi connectivity index (χ2n) is 7.83. The number of halogens is 1. The molecule has 0 saturated heterocycles. The van der Waals surface area contributed by atoms with Crippen molar-refractivity contribution in [1.29, 1.82) is 0 Å². The van der Waals surface area contributed by atoms with Crippen LogP contribution in [0, 0.1) is 0 Å². The standard InChI is InChI=1S/C21H24ClN3O3/c1-13-19(26)25(12-14-6-5-7-15(22)10-14)17-9-8-16(11-18(17)28-13)23-20(27)24-21(2,3)4/h5-11,13H,12H2,1-4H3,(H2,23,24,27). The SMILES string of the molecule is CC1Oc2cc(NC(=O)NC(C)(C)C)ccc2N(Cc2cccc(Cl)c2)C1=O. The van der Waals surface area contributed by atoms with E-state index in [0.29, 0.717) is 28.7 Å². The Kier molecular flexibility index (Phi) is 5.52. The van der Waals surface area contributed by atoms with Crippen LogP contribution in [0.25, 0.3) is 0 Å². The van der Waals surface area contributed by atoms with Crippen molar-refractivity contribution in [3.63, 3.8) is 0 Å². The van der Waals surface area contributed by atoms with Crippen LogP contribution in [0.4, 0.5) is 16.2 Å². The van der Waals surface area contributed by atoms with Crippen molar-refractivity contribution in [3.05, 3.63) is 53.1 Å². The quantitative estimate of drug-likeness (QED) is 0.791. The van der Waals surface area contributed by atoms with Crippen molar-refractivity contribution < 1.29 is 14.3 Å². The highest BCUT2D eigenvalue weighted by atomic mass is 35.5. The Morgan fingerprint density at radius 2 is 1.96 bits per heavy atom. The highest BCUT2D eigenvalue weighted by molar-refractivity contribution is 6.30. The van der Waals surface area contributed by atoms with Gasteiger partial charge in [0.15, 0.2) is 6.10 Å². The van der Waals surface area contributed by atoms with Gasteiger partial charge in [-0.3, -0.25) is 4.79 Å². The first kappa shape index (κ1) is 20.0. The summed E-state index contributed by atoms with van der Waals surface area (Å²) in [6.45, 7) is 7.82. The molecular weight excluding hydrogens is 378 g/mol. The number of nitrogens with one attached hydrogen (secondary N) is 2. The number of amides is 3. The Morgan fingerprint density at radius 3 is 2.64 bits per heavy atom. The summed E-state index contributed by atoms with van der Waals surface area (Å²) < 4.78 is 5.77. The predicted molar refractivity (Wildman–Crippen MR) is 111 cm³/mol. The number of carbonyl (C=O) groups is 2. The minimum Gasteiger partial charge on any atom is -0.479 e. The fourth-order valence-corrected chi connectivity index (χ4v) is 3.19. The second-order valence-corrected chi connectivity index (χ2v) is 8.26. The van der Waals surface area contributed by atoms with E-state index in [0.717, 1.165) is 5.56 Å². The smallest absolute Gasteiger partial charge is 0.319 e. The number of ether oxygens (including phenoxy) is 1. The van der Waals surface area contributed by atoms with Crippen LogP contribution in [0.3, 0.4) is 0 Å². The van der Waals surface area contributed by atoms with E-state index in [1.165, 1.54) is 0 Å². The summed E-state index contributed by atoms with van der Waals surface area (Å²) in [6.07, 6.45) is -0.620. The number of hydrogen-bond donors (Lipinski definition) is 2. The molecule has 2 N–H and O–H groups in total. The minimum absolute atomic E-state index is 0.126. The van der Waals surface area contributed by atoms with Crippen molar-refractivity contribution in [2.24, 2.45) is 0 Å². The summed E-state index contributed by atoms with van der Waals surface area (Å²) in [7, 11) is 0. The van der Waals surface area contributed by atoms with E-state index in [1.807, 2.05) is 39.0 Å². The average Bonchev–Trinajstić information content (AvgIpc) is 2.57. The number of hydrogen-bond acceptors (Lipinski definition) is 3. The number of rotatable bonds is 3. The third-order valence-corrected chi connectivity index (χ3v) is 4.38. The van der Waals surface area contributed by atoms with Gasteiger partial charge in [0.05, 0.1) is 12.2 Å². The molecule has 28 heavy (non-hydrogen) atoms. The molecule has 6 nitrogen and oxygen atoms in total. The molecule has 2 aromatic rings. The van der Waals surface area contributed by atoms with Gasteiger partial charge in [-0.05, 0) is 57.5 Å². The Morgan fingerprint density at radius 1 is 1.21 bits per heavy atom. The van der Waals surface area contributed by atoms with Crippen LogP contribution in [0.1, 0.15) is 33.3 Å². The van der Waals surface area contributed by atoms with Crippen molar-refractivity contribution in [3.8, 4) is 5.75 Å². The number of anilines is 2. The lowest BCUT2D eigenvalue weighted by atomic mass is 10.1. The molecule has 1 aliphatic rings. The van der Waals surface area contributed by atoms with E-state index in [2.05, 4.69) is 10.6 Å². The highest BCUT2D eigenvalue weighted by Gasteiger charge is 2.31. The number of fused-ring (bicyclic) bond motifs is 1. The lowest BCUT2D eigenvalue weighted by Crippen LogP contribution is -2.44. The van der Waals surface area contributed by atoms with Crippen molar-refractivity contribution in [2.45, 2.75) is 45.9 Å². The molecule has 0 fully saturated rings. The molecule has 1 aliphatic heterocycles. The third kappa shape index (κ3) is 4.75. The van der Waals surface area contributed by atoms with E-state index in [4.69, 9.17) is 16.3 Å². The molecule has 0 saturated carbocycles. The number of nitrogens with zero attached hydrogens (tertiary/aromatic N) is 1. The van der Waals surface area contributed by atoms with Crippen LogP contribution in [-0.4, -0.2) is 23.6 Å². The zero-order valence-corrected chi connectivity index (χ0v) is 17.1. The molecule has 0 aromatic heterocycles. The maximum atomic E-state index is 12.7. The number of urea groups is 1. The summed E-state index contributed by atoms with van der Waals surface area (Å²) in [6, 6.07) is 12.4. The first-order chi connectivity index (χ1) is 13.1. The van der Waals surface area contributed by atoms with Gasteiger partial charge in [0.2, 0.25) is 0 Å². The van der Waals surface area contributed by atoms with Crippen LogP contribution in [0.15, 0.2) is 42.5 Å². The monoisotopic (exact) mass is 401 g/mol. The first-order valence-electron chi connectivity index (χ1n) is 9.08. The van der Waals surface area contributed by atoms with Gasteiger partial charge in [0.1, 0.15) is 5.75 Å². The van der Waals surface area contributed by atoms with Gasteiger partial charge in [-0.25, -0.2) is 4.79 Å². The summed E-state index contributed by atoms with van der Waals surface area (Å²) in [5.41, 5.74) is 1.82. The van der Waals surface area contributed by atoms with Crippen LogP contribution < -0.4 is 20.3 Å². The normalized spacial score (nSPS) is 16.2. The lowest BCUT2D eigenvalue weighted by molar-refractivity contribution is -0.125. The van der Waals surface area contributed by atoms with E-state index in [-0.39, 0.29) is 17.5 Å². The van der Waals surface area contributed by atoms with Gasteiger partial charge in [0.25, 0.3) is 5.91 Å².